The van der Waals surface area contributed by atoms with E-state index in [1.54, 1.807) is 0 Å². The summed E-state index contributed by atoms with van der Waals surface area (Å²) in [6.07, 6.45) is 10.7. The highest BCUT2D eigenvalue weighted by atomic mass is 16.5. The molecule has 0 spiro atoms. The number of benzene rings is 2. The summed E-state index contributed by atoms with van der Waals surface area (Å²) in [5.74, 6) is 6.52. The average molecular weight is 218 g/mol. The molecule has 80 valence electrons. The predicted octanol–water partition coefficient (Wildman–Crippen LogP) is 3.44. The number of hydrogen-bond donors (Lipinski definition) is 0. The summed E-state index contributed by atoms with van der Waals surface area (Å²) in [7, 11) is 0. The molecule has 0 aliphatic heterocycles. The zero-order valence-corrected chi connectivity index (χ0v) is 9.18. The van der Waals surface area contributed by atoms with Crippen molar-refractivity contribution in [1.82, 2.24) is 0 Å². The minimum Gasteiger partial charge on any atom is -0.456 e. The quantitative estimate of drug-likeness (QED) is 0.701. The normalized spacial score (nSPS) is 9.06. The predicted molar refractivity (Wildman–Crippen MR) is 68.8 cm³/mol. The van der Waals surface area contributed by atoms with Crippen molar-refractivity contribution in [3.63, 3.8) is 0 Å². The summed E-state index contributed by atoms with van der Waals surface area (Å²) in [5, 5.41) is 0. The molecule has 0 heterocycles. The molecule has 1 nitrogen and oxygen atoms in total. The van der Waals surface area contributed by atoms with Gasteiger partial charge in [-0.3, -0.25) is 0 Å². The van der Waals surface area contributed by atoms with E-state index in [1.807, 2.05) is 48.5 Å². The lowest BCUT2D eigenvalue weighted by Gasteiger charge is -2.07. The van der Waals surface area contributed by atoms with Gasteiger partial charge in [0.1, 0.15) is 11.5 Å². The fraction of sp³-hybridized carbons (Fsp3) is 0. The van der Waals surface area contributed by atoms with Crippen molar-refractivity contribution in [1.29, 1.82) is 0 Å². The average Bonchev–Trinajstić information content (AvgIpc) is 2.40. The highest BCUT2D eigenvalue weighted by molar-refractivity contribution is 5.47. The molecule has 0 unspecified atom stereocenters. The van der Waals surface area contributed by atoms with Gasteiger partial charge in [0.05, 0.1) is 5.56 Å². The van der Waals surface area contributed by atoms with Gasteiger partial charge in [-0.15, -0.1) is 12.8 Å². The van der Waals surface area contributed by atoms with Gasteiger partial charge in [0.25, 0.3) is 0 Å². The van der Waals surface area contributed by atoms with Crippen LogP contribution in [0.1, 0.15) is 11.1 Å². The van der Waals surface area contributed by atoms with E-state index in [9.17, 15) is 0 Å². The van der Waals surface area contributed by atoms with Gasteiger partial charge in [0, 0.05) is 5.56 Å². The van der Waals surface area contributed by atoms with Crippen molar-refractivity contribution in [2.75, 3.05) is 0 Å². The molecule has 0 aliphatic carbocycles. The molecule has 0 saturated heterocycles. The van der Waals surface area contributed by atoms with E-state index in [0.717, 1.165) is 11.1 Å². The molecule has 2 rings (SSSR count). The van der Waals surface area contributed by atoms with Crippen LogP contribution in [0.5, 0.6) is 11.5 Å². The summed E-state index contributed by atoms with van der Waals surface area (Å²) in [6, 6.07) is 14.7. The van der Waals surface area contributed by atoms with E-state index < -0.39 is 0 Å². The first kappa shape index (κ1) is 10.9. The maximum Gasteiger partial charge on any atom is 0.143 e. The molecule has 0 radical (unpaired) electrons. The summed E-state index contributed by atoms with van der Waals surface area (Å²) in [5.41, 5.74) is 1.55. The topological polar surface area (TPSA) is 9.23 Å². The molecule has 0 N–H and O–H groups in total. The van der Waals surface area contributed by atoms with E-state index in [2.05, 4.69) is 11.8 Å². The number of ether oxygens (including phenoxy) is 1. The van der Waals surface area contributed by atoms with Crippen LogP contribution in [-0.2, 0) is 0 Å². The van der Waals surface area contributed by atoms with E-state index in [-0.39, 0.29) is 0 Å². The van der Waals surface area contributed by atoms with Crippen LogP contribution >= 0.6 is 0 Å². The van der Waals surface area contributed by atoms with Gasteiger partial charge in [-0.25, -0.2) is 0 Å². The van der Waals surface area contributed by atoms with Gasteiger partial charge in [-0.2, -0.15) is 0 Å². The summed E-state index contributed by atoms with van der Waals surface area (Å²) < 4.78 is 5.69. The lowest BCUT2D eigenvalue weighted by Crippen LogP contribution is -1.87. The molecule has 0 amide bonds. The monoisotopic (exact) mass is 218 g/mol. The van der Waals surface area contributed by atoms with Crippen molar-refractivity contribution >= 4 is 0 Å². The summed E-state index contributed by atoms with van der Waals surface area (Å²) in [4.78, 5) is 0. The highest BCUT2D eigenvalue weighted by Crippen LogP contribution is 2.24. The second kappa shape index (κ2) is 4.92. The van der Waals surface area contributed by atoms with Crippen molar-refractivity contribution < 1.29 is 4.74 Å². The van der Waals surface area contributed by atoms with E-state index in [0.29, 0.717) is 11.5 Å². The molecular formula is C16H10O. The fourth-order valence-electron chi connectivity index (χ4n) is 1.42. The minimum atomic E-state index is 0.670. The molecule has 0 aliphatic rings. The number of para-hydroxylation sites is 1. The van der Waals surface area contributed by atoms with Crippen LogP contribution < -0.4 is 4.74 Å². The van der Waals surface area contributed by atoms with Crippen LogP contribution in [0.25, 0.3) is 0 Å². The van der Waals surface area contributed by atoms with Gasteiger partial charge >= 0.3 is 0 Å². The van der Waals surface area contributed by atoms with Crippen molar-refractivity contribution in [2.45, 2.75) is 0 Å². The van der Waals surface area contributed by atoms with Crippen LogP contribution in [0.3, 0.4) is 0 Å². The number of hydrogen-bond acceptors (Lipinski definition) is 1. The molecule has 0 atom stereocenters. The molecule has 0 bridgehead atoms. The molecule has 0 saturated carbocycles. The van der Waals surface area contributed by atoms with Gasteiger partial charge < -0.3 is 4.74 Å². The smallest absolute Gasteiger partial charge is 0.143 e. The third-order valence-corrected chi connectivity index (χ3v) is 2.29. The Balaban J connectivity index is 2.26. The Morgan fingerprint density at radius 1 is 0.824 bits per heavy atom. The van der Waals surface area contributed by atoms with E-state index >= 15 is 0 Å². The Morgan fingerprint density at radius 2 is 1.53 bits per heavy atom. The van der Waals surface area contributed by atoms with Gasteiger partial charge in [-0.05, 0) is 36.4 Å². The third kappa shape index (κ3) is 2.48. The standard InChI is InChI=1S/C16H10O/c1-3-13-9-11-15(12-10-13)17-16-8-6-5-7-14(16)4-2/h1-2,5-12H. The molecule has 1 heteroatoms. The lowest BCUT2D eigenvalue weighted by molar-refractivity contribution is 0.481. The van der Waals surface area contributed by atoms with Crippen molar-refractivity contribution in [3.05, 3.63) is 59.7 Å². The second-order valence-electron chi connectivity index (χ2n) is 3.41. The summed E-state index contributed by atoms with van der Waals surface area (Å²) >= 11 is 0. The Bertz CT molecular complexity index is 595. The first-order chi connectivity index (χ1) is 8.33. The first-order valence-corrected chi connectivity index (χ1v) is 5.13. The number of terminal acetylenes is 2. The van der Waals surface area contributed by atoms with Gasteiger partial charge in [0.15, 0.2) is 0 Å². The Hall–Kier alpha value is -2.64. The van der Waals surface area contributed by atoms with Gasteiger partial charge in [-0.1, -0.05) is 24.0 Å². The van der Waals surface area contributed by atoms with Crippen LogP contribution in [-0.4, -0.2) is 0 Å². The van der Waals surface area contributed by atoms with Gasteiger partial charge in [0.2, 0.25) is 0 Å². The third-order valence-electron chi connectivity index (χ3n) is 2.29. The molecule has 2 aromatic carbocycles. The maximum absolute atomic E-state index is 5.69. The van der Waals surface area contributed by atoms with Crippen molar-refractivity contribution in [3.8, 4) is 36.2 Å². The first-order valence-electron chi connectivity index (χ1n) is 5.13. The van der Waals surface area contributed by atoms with Crippen LogP contribution in [0, 0.1) is 24.7 Å². The Labute approximate surface area is 101 Å². The number of rotatable bonds is 2. The van der Waals surface area contributed by atoms with Crippen LogP contribution in [0.2, 0.25) is 0 Å². The van der Waals surface area contributed by atoms with E-state index in [1.165, 1.54) is 0 Å². The summed E-state index contributed by atoms with van der Waals surface area (Å²) in [6.45, 7) is 0. The van der Waals surface area contributed by atoms with Crippen LogP contribution in [0.15, 0.2) is 48.5 Å². The fourth-order valence-corrected chi connectivity index (χ4v) is 1.42. The SMILES string of the molecule is C#Cc1ccc(Oc2ccccc2C#C)cc1. The minimum absolute atomic E-state index is 0.670. The van der Waals surface area contributed by atoms with Crippen LogP contribution in [0.4, 0.5) is 0 Å². The highest BCUT2D eigenvalue weighted by Gasteiger charge is 2.01. The molecule has 2 aromatic rings. The second-order valence-corrected chi connectivity index (χ2v) is 3.41. The van der Waals surface area contributed by atoms with Crippen molar-refractivity contribution in [2.24, 2.45) is 0 Å². The molecule has 0 aromatic heterocycles. The molecule has 0 fully saturated rings. The zero-order valence-electron chi connectivity index (χ0n) is 9.18. The largest absolute Gasteiger partial charge is 0.456 e. The Kier molecular flexibility index (Phi) is 3.15. The van der Waals surface area contributed by atoms with E-state index in [4.69, 9.17) is 17.6 Å². The maximum atomic E-state index is 5.69. The molecule has 17 heavy (non-hydrogen) atoms. The molecular weight excluding hydrogens is 208 g/mol. The zero-order chi connectivity index (χ0) is 12.1. The lowest BCUT2D eigenvalue weighted by atomic mass is 10.2. The Morgan fingerprint density at radius 3 is 2.18 bits per heavy atom.